The summed E-state index contributed by atoms with van der Waals surface area (Å²) in [6.45, 7) is 2.97. The number of hydrogen-bond acceptors (Lipinski definition) is 4. The quantitative estimate of drug-likeness (QED) is 0.727. The predicted molar refractivity (Wildman–Crippen MR) is 111 cm³/mol. The van der Waals surface area contributed by atoms with E-state index in [0.717, 1.165) is 0 Å². The van der Waals surface area contributed by atoms with Crippen molar-refractivity contribution in [1.82, 2.24) is 14.1 Å². The summed E-state index contributed by atoms with van der Waals surface area (Å²) in [5.41, 5.74) is 1.27. The summed E-state index contributed by atoms with van der Waals surface area (Å²) < 4.78 is 27.5. The van der Waals surface area contributed by atoms with Crippen molar-refractivity contribution in [2.75, 3.05) is 46.8 Å². The van der Waals surface area contributed by atoms with Crippen LogP contribution >= 0.6 is 0 Å². The fourth-order valence-corrected chi connectivity index (χ4v) is 5.59. The van der Waals surface area contributed by atoms with Gasteiger partial charge in [0.25, 0.3) is 0 Å². The van der Waals surface area contributed by atoms with Crippen LogP contribution < -0.4 is 0 Å². The van der Waals surface area contributed by atoms with Crippen LogP contribution in [-0.2, 0) is 14.8 Å². The molecule has 0 radical (unpaired) electrons. The van der Waals surface area contributed by atoms with E-state index in [4.69, 9.17) is 0 Å². The predicted octanol–water partition coefficient (Wildman–Crippen LogP) is 2.52. The van der Waals surface area contributed by atoms with Crippen molar-refractivity contribution in [3.05, 3.63) is 29.8 Å². The van der Waals surface area contributed by atoms with Crippen LogP contribution in [-0.4, -0.2) is 75.2 Å². The van der Waals surface area contributed by atoms with E-state index in [2.05, 4.69) is 4.90 Å². The van der Waals surface area contributed by atoms with Crippen molar-refractivity contribution in [3.8, 4) is 0 Å². The van der Waals surface area contributed by atoms with Gasteiger partial charge >= 0.3 is 0 Å². The highest BCUT2D eigenvalue weighted by atomic mass is 32.2. The molecule has 3 rings (SSSR count). The SMILES string of the molecule is CN(C)C(=O)CCN1CCN(S(=O)(=O)c2ccc(C3CCCCC3)cc2)CC1. The first-order valence-corrected chi connectivity index (χ1v) is 11.8. The molecule has 1 saturated heterocycles. The van der Waals surface area contributed by atoms with E-state index < -0.39 is 10.0 Å². The Kier molecular flexibility index (Phi) is 7.12. The molecule has 2 fully saturated rings. The third kappa shape index (κ3) is 5.13. The van der Waals surface area contributed by atoms with Crippen molar-refractivity contribution in [2.45, 2.75) is 49.3 Å². The number of carbonyl (C=O) groups excluding carboxylic acids is 1. The van der Waals surface area contributed by atoms with Gasteiger partial charge < -0.3 is 9.80 Å². The van der Waals surface area contributed by atoms with Gasteiger partial charge in [0.1, 0.15) is 0 Å². The molecule has 28 heavy (non-hydrogen) atoms. The Hall–Kier alpha value is -1.44. The van der Waals surface area contributed by atoms with Crippen LogP contribution in [0.4, 0.5) is 0 Å². The molecule has 1 heterocycles. The molecular weight excluding hydrogens is 374 g/mol. The minimum absolute atomic E-state index is 0.105. The van der Waals surface area contributed by atoms with E-state index in [1.165, 1.54) is 37.7 Å². The van der Waals surface area contributed by atoms with Crippen LogP contribution in [0, 0.1) is 0 Å². The summed E-state index contributed by atoms with van der Waals surface area (Å²) in [4.78, 5) is 15.9. The number of nitrogens with zero attached hydrogens (tertiary/aromatic N) is 3. The number of amides is 1. The van der Waals surface area contributed by atoms with Gasteiger partial charge in [-0.25, -0.2) is 8.42 Å². The molecule has 1 aromatic carbocycles. The molecule has 1 aliphatic heterocycles. The van der Waals surface area contributed by atoms with Gasteiger partial charge in [0.15, 0.2) is 0 Å². The molecule has 156 valence electrons. The van der Waals surface area contributed by atoms with Crippen LogP contribution in [0.1, 0.15) is 50.0 Å². The molecule has 7 heteroatoms. The van der Waals surface area contributed by atoms with Crippen LogP contribution in [0.3, 0.4) is 0 Å². The van der Waals surface area contributed by atoms with Crippen molar-refractivity contribution >= 4 is 15.9 Å². The summed E-state index contributed by atoms with van der Waals surface area (Å²) in [5, 5.41) is 0. The first-order chi connectivity index (χ1) is 13.4. The first kappa shape index (κ1) is 21.3. The minimum atomic E-state index is -3.45. The summed E-state index contributed by atoms with van der Waals surface area (Å²) in [7, 11) is 0.0665. The minimum Gasteiger partial charge on any atom is -0.349 e. The highest BCUT2D eigenvalue weighted by Gasteiger charge is 2.29. The molecule has 1 aliphatic carbocycles. The van der Waals surface area contributed by atoms with Gasteiger partial charge in [0.2, 0.25) is 15.9 Å². The largest absolute Gasteiger partial charge is 0.349 e. The highest BCUT2D eigenvalue weighted by Crippen LogP contribution is 2.33. The molecule has 0 N–H and O–H groups in total. The Morgan fingerprint density at radius 1 is 1.00 bits per heavy atom. The van der Waals surface area contributed by atoms with E-state index >= 15 is 0 Å². The van der Waals surface area contributed by atoms with Crippen molar-refractivity contribution in [1.29, 1.82) is 0 Å². The average molecular weight is 408 g/mol. The van der Waals surface area contributed by atoms with E-state index in [9.17, 15) is 13.2 Å². The fourth-order valence-electron chi connectivity index (χ4n) is 4.17. The molecule has 6 nitrogen and oxygen atoms in total. The number of sulfonamides is 1. The summed E-state index contributed by atoms with van der Waals surface area (Å²) in [6, 6.07) is 7.57. The number of hydrogen-bond donors (Lipinski definition) is 0. The van der Waals surface area contributed by atoms with Crippen LogP contribution in [0.5, 0.6) is 0 Å². The molecular formula is C21H33N3O3S. The lowest BCUT2D eigenvalue weighted by Crippen LogP contribution is -2.49. The number of piperazine rings is 1. The molecule has 0 bridgehead atoms. The van der Waals surface area contributed by atoms with E-state index in [1.807, 2.05) is 12.1 Å². The lowest BCUT2D eigenvalue weighted by Gasteiger charge is -2.34. The summed E-state index contributed by atoms with van der Waals surface area (Å²) >= 11 is 0. The highest BCUT2D eigenvalue weighted by molar-refractivity contribution is 7.89. The zero-order valence-corrected chi connectivity index (χ0v) is 18.0. The monoisotopic (exact) mass is 407 g/mol. The molecule has 0 spiro atoms. The number of benzene rings is 1. The lowest BCUT2D eigenvalue weighted by atomic mass is 9.84. The van der Waals surface area contributed by atoms with Gasteiger partial charge in [-0.1, -0.05) is 31.4 Å². The van der Waals surface area contributed by atoms with Crippen LogP contribution in [0.15, 0.2) is 29.2 Å². The third-order valence-electron chi connectivity index (χ3n) is 6.07. The lowest BCUT2D eigenvalue weighted by molar-refractivity contribution is -0.129. The maximum absolute atomic E-state index is 13.0. The molecule has 0 unspecified atom stereocenters. The second kappa shape index (κ2) is 9.37. The molecule has 2 aliphatic rings. The second-order valence-electron chi connectivity index (χ2n) is 8.19. The van der Waals surface area contributed by atoms with Crippen molar-refractivity contribution in [3.63, 3.8) is 0 Å². The molecule has 0 aromatic heterocycles. The Balaban J connectivity index is 1.55. The van der Waals surface area contributed by atoms with E-state index in [-0.39, 0.29) is 5.91 Å². The normalized spacial score (nSPS) is 20.2. The standard InChI is InChI=1S/C21H33N3O3S/c1-22(2)21(25)12-13-23-14-16-24(17-15-23)28(26,27)20-10-8-19(9-11-20)18-6-4-3-5-7-18/h8-11,18H,3-7,12-17H2,1-2H3. The Morgan fingerprint density at radius 3 is 2.18 bits per heavy atom. The Bertz CT molecular complexity index is 748. The first-order valence-electron chi connectivity index (χ1n) is 10.4. The zero-order valence-electron chi connectivity index (χ0n) is 17.1. The second-order valence-corrected chi connectivity index (χ2v) is 10.1. The van der Waals surface area contributed by atoms with Gasteiger partial charge in [-0.2, -0.15) is 4.31 Å². The Labute approximate surface area is 169 Å². The zero-order chi connectivity index (χ0) is 20.1. The van der Waals surface area contributed by atoms with Gasteiger partial charge in [-0.05, 0) is 36.5 Å². The summed E-state index contributed by atoms with van der Waals surface area (Å²) in [6.07, 6.45) is 6.76. The van der Waals surface area contributed by atoms with Gasteiger partial charge in [-0.3, -0.25) is 4.79 Å². The number of rotatable bonds is 6. The van der Waals surface area contributed by atoms with Gasteiger partial charge in [0, 0.05) is 53.2 Å². The molecule has 1 amide bonds. The molecule has 1 aromatic rings. The fraction of sp³-hybridized carbons (Fsp3) is 0.667. The number of carbonyl (C=O) groups is 1. The van der Waals surface area contributed by atoms with E-state index in [1.54, 1.807) is 35.4 Å². The van der Waals surface area contributed by atoms with Crippen molar-refractivity contribution in [2.24, 2.45) is 0 Å². The Morgan fingerprint density at radius 2 is 1.61 bits per heavy atom. The maximum atomic E-state index is 13.0. The van der Waals surface area contributed by atoms with E-state index in [0.29, 0.717) is 50.0 Å². The van der Waals surface area contributed by atoms with Gasteiger partial charge in [0.05, 0.1) is 4.90 Å². The average Bonchev–Trinajstić information content (AvgIpc) is 2.73. The van der Waals surface area contributed by atoms with Crippen LogP contribution in [0.2, 0.25) is 0 Å². The topological polar surface area (TPSA) is 60.9 Å². The maximum Gasteiger partial charge on any atom is 0.243 e. The van der Waals surface area contributed by atoms with Crippen LogP contribution in [0.25, 0.3) is 0 Å². The molecule has 1 saturated carbocycles. The molecule has 0 atom stereocenters. The van der Waals surface area contributed by atoms with Crippen molar-refractivity contribution < 1.29 is 13.2 Å². The van der Waals surface area contributed by atoms with Gasteiger partial charge in [-0.15, -0.1) is 0 Å². The summed E-state index contributed by atoms with van der Waals surface area (Å²) in [5.74, 6) is 0.687. The smallest absolute Gasteiger partial charge is 0.243 e. The third-order valence-corrected chi connectivity index (χ3v) is 7.98.